The molecule has 5 nitrogen and oxygen atoms in total. The average molecular weight is 347 g/mol. The highest BCUT2D eigenvalue weighted by Gasteiger charge is 2.25. The highest BCUT2D eigenvalue weighted by atomic mass is 32.1. The molecule has 1 atom stereocenters. The van der Waals surface area contributed by atoms with Crippen LogP contribution in [0.15, 0.2) is 41.1 Å². The van der Waals surface area contributed by atoms with Crippen LogP contribution in [0, 0.1) is 0 Å². The number of morpholine rings is 1. The molecule has 2 heterocycles. The Kier molecular flexibility index (Phi) is 5.72. The van der Waals surface area contributed by atoms with E-state index in [0.29, 0.717) is 44.2 Å². The Hall–Kier alpha value is -2.05. The summed E-state index contributed by atoms with van der Waals surface area (Å²) in [4.78, 5) is 14.3. The minimum Gasteiger partial charge on any atom is -0.493 e. The highest BCUT2D eigenvalue weighted by molar-refractivity contribution is 7.07. The van der Waals surface area contributed by atoms with Crippen LogP contribution >= 0.6 is 11.3 Å². The number of thiophene rings is 1. The molecule has 0 aliphatic carbocycles. The number of amides is 1. The van der Waals surface area contributed by atoms with Crippen molar-refractivity contribution in [2.45, 2.75) is 12.5 Å². The van der Waals surface area contributed by atoms with Gasteiger partial charge in [-0.05, 0) is 34.5 Å². The molecule has 1 fully saturated rings. The maximum absolute atomic E-state index is 12.4. The number of carbonyl (C=O) groups is 1. The Bertz CT molecular complexity index is 659. The van der Waals surface area contributed by atoms with Crippen LogP contribution in [-0.2, 0) is 16.0 Å². The van der Waals surface area contributed by atoms with Crippen molar-refractivity contribution in [2.24, 2.45) is 0 Å². The van der Waals surface area contributed by atoms with Gasteiger partial charge in [0.1, 0.15) is 12.7 Å². The number of benzene rings is 1. The zero-order valence-electron chi connectivity index (χ0n) is 13.6. The zero-order chi connectivity index (χ0) is 16.8. The lowest BCUT2D eigenvalue weighted by Crippen LogP contribution is -2.48. The van der Waals surface area contributed by atoms with E-state index < -0.39 is 0 Å². The van der Waals surface area contributed by atoms with Gasteiger partial charge >= 0.3 is 0 Å². The Morgan fingerprint density at radius 1 is 1.33 bits per heavy atom. The van der Waals surface area contributed by atoms with Crippen molar-refractivity contribution in [3.8, 4) is 11.5 Å². The van der Waals surface area contributed by atoms with Gasteiger partial charge in [0.25, 0.3) is 0 Å². The van der Waals surface area contributed by atoms with Crippen LogP contribution < -0.4 is 9.47 Å². The molecule has 1 amide bonds. The molecule has 0 radical (unpaired) electrons. The summed E-state index contributed by atoms with van der Waals surface area (Å²) in [5, 5.41) is 4.01. The summed E-state index contributed by atoms with van der Waals surface area (Å²) < 4.78 is 16.8. The van der Waals surface area contributed by atoms with E-state index in [-0.39, 0.29) is 12.0 Å². The SMILES string of the molecule is COc1ccccc1OCC1CN(C(=O)Cc2ccsc2)CCO1. The second kappa shape index (κ2) is 8.17. The van der Waals surface area contributed by atoms with Gasteiger partial charge in [0.15, 0.2) is 11.5 Å². The second-order valence-electron chi connectivity index (χ2n) is 5.60. The number of ether oxygens (including phenoxy) is 3. The number of nitrogens with zero attached hydrogens (tertiary/aromatic N) is 1. The molecular weight excluding hydrogens is 326 g/mol. The Labute approximate surface area is 145 Å². The molecule has 24 heavy (non-hydrogen) atoms. The molecule has 1 aromatic carbocycles. The first-order chi connectivity index (χ1) is 11.8. The second-order valence-corrected chi connectivity index (χ2v) is 6.38. The number of hydrogen-bond donors (Lipinski definition) is 0. The van der Waals surface area contributed by atoms with Gasteiger partial charge in [0.05, 0.1) is 26.7 Å². The molecule has 1 saturated heterocycles. The number of methoxy groups -OCH3 is 1. The van der Waals surface area contributed by atoms with E-state index in [2.05, 4.69) is 0 Å². The van der Waals surface area contributed by atoms with Gasteiger partial charge in [0.2, 0.25) is 5.91 Å². The first kappa shape index (κ1) is 16.8. The van der Waals surface area contributed by atoms with Crippen LogP contribution in [0.1, 0.15) is 5.56 Å². The van der Waals surface area contributed by atoms with Crippen LogP contribution in [0.2, 0.25) is 0 Å². The minimum absolute atomic E-state index is 0.130. The molecule has 1 aromatic heterocycles. The largest absolute Gasteiger partial charge is 0.493 e. The molecule has 1 aliphatic heterocycles. The molecular formula is C18H21NO4S. The minimum atomic E-state index is -0.130. The van der Waals surface area contributed by atoms with Crippen molar-refractivity contribution in [2.75, 3.05) is 33.4 Å². The predicted octanol–water partition coefficient (Wildman–Crippen LogP) is 2.61. The summed E-state index contributed by atoms with van der Waals surface area (Å²) in [7, 11) is 1.62. The van der Waals surface area contributed by atoms with Crippen LogP contribution in [0.3, 0.4) is 0 Å². The highest BCUT2D eigenvalue weighted by Crippen LogP contribution is 2.26. The van der Waals surface area contributed by atoms with E-state index in [1.54, 1.807) is 18.4 Å². The van der Waals surface area contributed by atoms with E-state index in [1.807, 2.05) is 46.0 Å². The van der Waals surface area contributed by atoms with Crippen LogP contribution in [0.4, 0.5) is 0 Å². The Morgan fingerprint density at radius 2 is 2.17 bits per heavy atom. The topological polar surface area (TPSA) is 48.0 Å². The lowest BCUT2D eigenvalue weighted by atomic mass is 10.2. The summed E-state index contributed by atoms with van der Waals surface area (Å²) in [6.45, 7) is 2.12. The maximum Gasteiger partial charge on any atom is 0.227 e. The van der Waals surface area contributed by atoms with Crippen molar-refractivity contribution in [3.63, 3.8) is 0 Å². The van der Waals surface area contributed by atoms with Gasteiger partial charge in [0, 0.05) is 6.54 Å². The van der Waals surface area contributed by atoms with Crippen molar-refractivity contribution < 1.29 is 19.0 Å². The van der Waals surface area contributed by atoms with Gasteiger partial charge in [-0.2, -0.15) is 11.3 Å². The van der Waals surface area contributed by atoms with Crippen LogP contribution in [-0.4, -0.2) is 50.3 Å². The third kappa shape index (κ3) is 4.27. The summed E-state index contributed by atoms with van der Waals surface area (Å²) in [5.41, 5.74) is 1.07. The van der Waals surface area contributed by atoms with Crippen molar-refractivity contribution in [1.29, 1.82) is 0 Å². The standard InChI is InChI=1S/C18H21NO4S/c1-21-16-4-2-3-5-17(16)23-12-15-11-19(7-8-22-15)18(20)10-14-6-9-24-13-14/h2-6,9,13,15H,7-8,10-12H2,1H3. The lowest BCUT2D eigenvalue weighted by molar-refractivity contribution is -0.139. The van der Waals surface area contributed by atoms with E-state index in [1.165, 1.54) is 0 Å². The van der Waals surface area contributed by atoms with E-state index in [4.69, 9.17) is 14.2 Å². The third-order valence-electron chi connectivity index (χ3n) is 3.92. The van der Waals surface area contributed by atoms with Crippen LogP contribution in [0.5, 0.6) is 11.5 Å². The lowest BCUT2D eigenvalue weighted by Gasteiger charge is -2.33. The monoisotopic (exact) mass is 347 g/mol. The zero-order valence-corrected chi connectivity index (χ0v) is 14.5. The summed E-state index contributed by atoms with van der Waals surface area (Å²) in [6.07, 6.45) is 0.318. The fraction of sp³-hybridized carbons (Fsp3) is 0.389. The third-order valence-corrected chi connectivity index (χ3v) is 4.65. The molecule has 0 bridgehead atoms. The van der Waals surface area contributed by atoms with Gasteiger partial charge < -0.3 is 19.1 Å². The molecule has 128 valence electrons. The first-order valence-corrected chi connectivity index (χ1v) is 8.87. The summed E-state index contributed by atoms with van der Waals surface area (Å²) in [6, 6.07) is 9.50. The normalized spacial score (nSPS) is 17.5. The molecule has 1 unspecified atom stereocenters. The van der Waals surface area contributed by atoms with Gasteiger partial charge in [-0.25, -0.2) is 0 Å². The van der Waals surface area contributed by atoms with E-state index in [0.717, 1.165) is 5.56 Å². The summed E-state index contributed by atoms with van der Waals surface area (Å²) >= 11 is 1.61. The molecule has 2 aromatic rings. The van der Waals surface area contributed by atoms with Crippen molar-refractivity contribution >= 4 is 17.2 Å². The molecule has 0 saturated carbocycles. The Morgan fingerprint density at radius 3 is 2.92 bits per heavy atom. The molecule has 0 spiro atoms. The van der Waals surface area contributed by atoms with Crippen molar-refractivity contribution in [3.05, 3.63) is 46.7 Å². The van der Waals surface area contributed by atoms with E-state index >= 15 is 0 Å². The van der Waals surface area contributed by atoms with E-state index in [9.17, 15) is 4.79 Å². The van der Waals surface area contributed by atoms with Crippen LogP contribution in [0.25, 0.3) is 0 Å². The first-order valence-electron chi connectivity index (χ1n) is 7.92. The number of rotatable bonds is 6. The molecule has 0 N–H and O–H groups in total. The van der Waals surface area contributed by atoms with Gasteiger partial charge in [-0.15, -0.1) is 0 Å². The van der Waals surface area contributed by atoms with Gasteiger partial charge in [-0.3, -0.25) is 4.79 Å². The Balaban J connectivity index is 1.52. The van der Waals surface area contributed by atoms with Crippen molar-refractivity contribution in [1.82, 2.24) is 4.90 Å². The predicted molar refractivity (Wildman–Crippen MR) is 92.8 cm³/mol. The molecule has 3 rings (SSSR count). The number of para-hydroxylation sites is 2. The molecule has 6 heteroatoms. The smallest absolute Gasteiger partial charge is 0.227 e. The fourth-order valence-electron chi connectivity index (χ4n) is 2.65. The quantitative estimate of drug-likeness (QED) is 0.806. The number of hydrogen-bond acceptors (Lipinski definition) is 5. The average Bonchev–Trinajstić information content (AvgIpc) is 3.13. The number of carbonyl (C=O) groups excluding carboxylic acids is 1. The fourth-order valence-corrected chi connectivity index (χ4v) is 3.32. The summed E-state index contributed by atoms with van der Waals surface area (Å²) in [5.74, 6) is 1.52. The maximum atomic E-state index is 12.4. The van der Waals surface area contributed by atoms with Gasteiger partial charge in [-0.1, -0.05) is 12.1 Å². The molecule has 1 aliphatic rings.